The minimum Gasteiger partial charge on any atom is -0.478 e. The number of aliphatic hydroxyl groups excluding tert-OH is 1. The average Bonchev–Trinajstić information content (AvgIpc) is 2.62. The first-order chi connectivity index (χ1) is 8.56. The fraction of sp³-hybridized carbons (Fsp3) is 0.364. The van der Waals surface area contributed by atoms with Crippen molar-refractivity contribution in [3.63, 3.8) is 0 Å². The van der Waals surface area contributed by atoms with E-state index >= 15 is 0 Å². The van der Waals surface area contributed by atoms with Crippen molar-refractivity contribution in [1.82, 2.24) is 14.8 Å². The molecule has 2 aromatic heterocycles. The first-order valence-corrected chi connectivity index (χ1v) is 6.34. The molecule has 0 aliphatic rings. The Bertz CT molecular complexity index is 609. The summed E-state index contributed by atoms with van der Waals surface area (Å²) in [5, 5.41) is 23.1. The Morgan fingerprint density at radius 3 is 2.89 bits per heavy atom. The average molecular weight is 267 g/mol. The van der Waals surface area contributed by atoms with Gasteiger partial charge in [0.15, 0.2) is 5.65 Å². The highest BCUT2D eigenvalue weighted by Crippen LogP contribution is 2.32. The second kappa shape index (κ2) is 4.95. The molecule has 18 heavy (non-hydrogen) atoms. The van der Waals surface area contributed by atoms with Crippen LogP contribution in [0.25, 0.3) is 11.0 Å². The van der Waals surface area contributed by atoms with Crippen LogP contribution in [0.15, 0.2) is 11.1 Å². The fourth-order valence-electron chi connectivity index (χ4n) is 1.83. The minimum absolute atomic E-state index is 0.00709. The van der Waals surface area contributed by atoms with E-state index in [0.29, 0.717) is 16.3 Å². The molecule has 0 aliphatic carbocycles. The molecule has 2 N–H and O–H groups in total. The number of pyridine rings is 1. The molecule has 0 atom stereocenters. The van der Waals surface area contributed by atoms with E-state index in [9.17, 15) is 9.90 Å². The third kappa shape index (κ3) is 2.06. The minimum atomic E-state index is -1.02. The lowest BCUT2D eigenvalue weighted by Crippen LogP contribution is -2.02. The molecule has 0 saturated carbocycles. The highest BCUT2D eigenvalue weighted by molar-refractivity contribution is 7.99. The van der Waals surface area contributed by atoms with E-state index in [4.69, 9.17) is 5.11 Å². The van der Waals surface area contributed by atoms with Crippen molar-refractivity contribution in [3.05, 3.63) is 17.5 Å². The molecule has 0 aromatic carbocycles. The van der Waals surface area contributed by atoms with Crippen molar-refractivity contribution in [3.8, 4) is 0 Å². The SMILES string of the molecule is Cc1nn(C)c2ncc(C(=O)O)c(SCCO)c12. The number of aromatic nitrogens is 3. The third-order valence-corrected chi connectivity index (χ3v) is 3.65. The van der Waals surface area contributed by atoms with Gasteiger partial charge in [0.05, 0.1) is 23.3 Å². The van der Waals surface area contributed by atoms with Crippen LogP contribution in [0, 0.1) is 6.92 Å². The second-order valence-electron chi connectivity index (χ2n) is 3.79. The predicted molar refractivity (Wildman–Crippen MR) is 68.0 cm³/mol. The number of hydrogen-bond donors (Lipinski definition) is 2. The van der Waals surface area contributed by atoms with Crippen molar-refractivity contribution < 1.29 is 15.0 Å². The molecule has 0 unspecified atom stereocenters. The summed E-state index contributed by atoms with van der Waals surface area (Å²) in [5.41, 5.74) is 1.54. The Hall–Kier alpha value is -1.60. The number of thioether (sulfide) groups is 1. The zero-order valence-corrected chi connectivity index (χ0v) is 10.9. The maximum absolute atomic E-state index is 11.2. The highest BCUT2D eigenvalue weighted by Gasteiger charge is 2.19. The van der Waals surface area contributed by atoms with Gasteiger partial charge in [0.2, 0.25) is 0 Å². The van der Waals surface area contributed by atoms with Crippen molar-refractivity contribution in [2.75, 3.05) is 12.4 Å². The Morgan fingerprint density at radius 1 is 1.56 bits per heavy atom. The van der Waals surface area contributed by atoms with Crippen molar-refractivity contribution in [2.45, 2.75) is 11.8 Å². The van der Waals surface area contributed by atoms with Gasteiger partial charge in [0, 0.05) is 23.9 Å². The number of rotatable bonds is 4. The number of carboxylic acid groups (broad SMARTS) is 1. The predicted octanol–water partition coefficient (Wildman–Crippen LogP) is 1.06. The number of aliphatic hydroxyl groups is 1. The van der Waals surface area contributed by atoms with Gasteiger partial charge in [-0.3, -0.25) is 4.68 Å². The summed E-state index contributed by atoms with van der Waals surface area (Å²) in [6.07, 6.45) is 1.34. The van der Waals surface area contributed by atoms with Crippen LogP contribution in [0.4, 0.5) is 0 Å². The largest absolute Gasteiger partial charge is 0.478 e. The Balaban J connectivity index is 2.71. The smallest absolute Gasteiger partial charge is 0.338 e. The van der Waals surface area contributed by atoms with Crippen LogP contribution >= 0.6 is 11.8 Å². The van der Waals surface area contributed by atoms with Crippen LogP contribution in [-0.2, 0) is 7.05 Å². The molecule has 2 heterocycles. The number of fused-ring (bicyclic) bond motifs is 1. The quantitative estimate of drug-likeness (QED) is 0.805. The fourth-order valence-corrected chi connectivity index (χ4v) is 2.80. The van der Waals surface area contributed by atoms with Crippen molar-refractivity contribution in [1.29, 1.82) is 0 Å². The van der Waals surface area contributed by atoms with E-state index in [1.165, 1.54) is 18.0 Å². The molecular formula is C11H13N3O3S. The summed E-state index contributed by atoms with van der Waals surface area (Å²) in [6.45, 7) is 1.81. The second-order valence-corrected chi connectivity index (χ2v) is 4.89. The normalized spacial score (nSPS) is 11.1. The van der Waals surface area contributed by atoms with E-state index in [1.807, 2.05) is 6.92 Å². The summed E-state index contributed by atoms with van der Waals surface area (Å²) in [4.78, 5) is 16.0. The number of aromatic carboxylic acids is 1. The molecule has 0 spiro atoms. The zero-order valence-electron chi connectivity index (χ0n) is 10.0. The first-order valence-electron chi connectivity index (χ1n) is 5.35. The molecule has 7 heteroatoms. The van der Waals surface area contributed by atoms with Gasteiger partial charge in [-0.25, -0.2) is 9.78 Å². The van der Waals surface area contributed by atoms with Gasteiger partial charge < -0.3 is 10.2 Å². The molecule has 0 aliphatic heterocycles. The molecule has 2 aromatic rings. The molecule has 0 amide bonds. The monoisotopic (exact) mass is 267 g/mol. The van der Waals surface area contributed by atoms with Crippen molar-refractivity contribution in [2.24, 2.45) is 7.05 Å². The van der Waals surface area contributed by atoms with Gasteiger partial charge in [-0.15, -0.1) is 11.8 Å². The number of hydrogen-bond acceptors (Lipinski definition) is 5. The first kappa shape index (κ1) is 12.8. The van der Waals surface area contributed by atoms with Gasteiger partial charge in [0.25, 0.3) is 0 Å². The van der Waals surface area contributed by atoms with Gasteiger partial charge in [-0.1, -0.05) is 0 Å². The molecule has 2 rings (SSSR count). The van der Waals surface area contributed by atoms with Gasteiger partial charge in [-0.05, 0) is 6.92 Å². The third-order valence-electron chi connectivity index (χ3n) is 2.55. The molecular weight excluding hydrogens is 254 g/mol. The molecule has 0 radical (unpaired) electrons. The number of nitrogens with zero attached hydrogens (tertiary/aromatic N) is 3. The molecule has 96 valence electrons. The van der Waals surface area contributed by atoms with Gasteiger partial charge >= 0.3 is 5.97 Å². The van der Waals surface area contributed by atoms with Crippen LogP contribution < -0.4 is 0 Å². The van der Waals surface area contributed by atoms with E-state index < -0.39 is 5.97 Å². The van der Waals surface area contributed by atoms with Crippen LogP contribution in [0.3, 0.4) is 0 Å². The van der Waals surface area contributed by atoms with E-state index in [2.05, 4.69) is 10.1 Å². The van der Waals surface area contributed by atoms with Crippen molar-refractivity contribution >= 4 is 28.8 Å². The molecule has 0 saturated heterocycles. The molecule has 6 nitrogen and oxygen atoms in total. The van der Waals surface area contributed by atoms with E-state index in [0.717, 1.165) is 11.1 Å². The van der Waals surface area contributed by atoms with Crippen LogP contribution in [0.5, 0.6) is 0 Å². The molecule has 0 fully saturated rings. The maximum Gasteiger partial charge on any atom is 0.338 e. The number of aryl methyl sites for hydroxylation is 2. The lowest BCUT2D eigenvalue weighted by Gasteiger charge is -2.06. The summed E-state index contributed by atoms with van der Waals surface area (Å²) < 4.78 is 1.62. The summed E-state index contributed by atoms with van der Waals surface area (Å²) in [7, 11) is 1.77. The summed E-state index contributed by atoms with van der Waals surface area (Å²) in [5.74, 6) is -0.582. The topological polar surface area (TPSA) is 88.2 Å². The number of carboxylic acids is 1. The zero-order chi connectivity index (χ0) is 13.3. The van der Waals surface area contributed by atoms with Crippen LogP contribution in [0.1, 0.15) is 16.1 Å². The Labute approximate surface area is 108 Å². The summed E-state index contributed by atoms with van der Waals surface area (Å²) >= 11 is 1.31. The standard InChI is InChI=1S/C11H13N3O3S/c1-6-8-9(18-4-3-15)7(11(16)17)5-12-10(8)14(2)13-6/h5,15H,3-4H2,1-2H3,(H,16,17). The summed E-state index contributed by atoms with van der Waals surface area (Å²) in [6, 6.07) is 0. The van der Waals surface area contributed by atoms with Gasteiger partial charge in [0.1, 0.15) is 0 Å². The van der Waals surface area contributed by atoms with Gasteiger partial charge in [-0.2, -0.15) is 5.10 Å². The highest BCUT2D eigenvalue weighted by atomic mass is 32.2. The van der Waals surface area contributed by atoms with Crippen LogP contribution in [-0.4, -0.2) is 43.3 Å². The maximum atomic E-state index is 11.2. The Morgan fingerprint density at radius 2 is 2.28 bits per heavy atom. The van der Waals surface area contributed by atoms with E-state index in [1.54, 1.807) is 11.7 Å². The number of carbonyl (C=O) groups is 1. The Kier molecular flexibility index (Phi) is 3.53. The molecule has 0 bridgehead atoms. The van der Waals surface area contributed by atoms with E-state index in [-0.39, 0.29) is 12.2 Å². The lowest BCUT2D eigenvalue weighted by atomic mass is 10.2. The lowest BCUT2D eigenvalue weighted by molar-refractivity contribution is 0.0693. The van der Waals surface area contributed by atoms with Crippen LogP contribution in [0.2, 0.25) is 0 Å².